The van der Waals surface area contributed by atoms with E-state index >= 15 is 0 Å². The highest BCUT2D eigenvalue weighted by Gasteiger charge is 2.30. The second kappa shape index (κ2) is 8.63. The molecule has 3 heterocycles. The predicted molar refractivity (Wildman–Crippen MR) is 106 cm³/mol. The van der Waals surface area contributed by atoms with Gasteiger partial charge in [-0.05, 0) is 49.9 Å². The summed E-state index contributed by atoms with van der Waals surface area (Å²) in [5.74, 6) is 1.75. The van der Waals surface area contributed by atoms with Gasteiger partial charge in [0.15, 0.2) is 0 Å². The Bertz CT molecular complexity index is 773. The fourth-order valence-electron chi connectivity index (χ4n) is 4.06. The van der Waals surface area contributed by atoms with Gasteiger partial charge in [0.1, 0.15) is 5.75 Å². The van der Waals surface area contributed by atoms with Crippen molar-refractivity contribution >= 4 is 11.9 Å². The average Bonchev–Trinajstić information content (AvgIpc) is 3.09. The average molecular weight is 384 g/mol. The third-order valence-electron chi connectivity index (χ3n) is 5.78. The highest BCUT2D eigenvalue weighted by Crippen LogP contribution is 2.28. The van der Waals surface area contributed by atoms with Gasteiger partial charge >= 0.3 is 6.01 Å². The third kappa shape index (κ3) is 4.13. The first-order chi connectivity index (χ1) is 13.7. The quantitative estimate of drug-likeness (QED) is 0.805. The number of likely N-dealkylation sites (tertiary alicyclic amines) is 1. The van der Waals surface area contributed by atoms with Crippen LogP contribution in [0, 0.1) is 5.92 Å². The molecule has 2 aliphatic rings. The van der Waals surface area contributed by atoms with Crippen molar-refractivity contribution in [3.8, 4) is 17.2 Å². The number of hydrogen-bond acceptors (Lipinski definition) is 6. The molecule has 0 radical (unpaired) electrons. The molecule has 0 spiro atoms. The van der Waals surface area contributed by atoms with Gasteiger partial charge in [0.2, 0.25) is 11.8 Å². The highest BCUT2D eigenvalue weighted by atomic mass is 16.5. The maximum Gasteiger partial charge on any atom is 0.318 e. The second-order valence-corrected chi connectivity index (χ2v) is 7.62. The Morgan fingerprint density at radius 2 is 1.68 bits per heavy atom. The highest BCUT2D eigenvalue weighted by molar-refractivity contribution is 5.79. The molecule has 0 bridgehead atoms. The minimum Gasteiger partial charge on any atom is -0.497 e. The summed E-state index contributed by atoms with van der Waals surface area (Å²) in [6.45, 7) is 3.39. The van der Waals surface area contributed by atoms with E-state index in [9.17, 15) is 4.79 Å². The molecule has 0 atom stereocenters. The number of rotatable bonds is 4. The van der Waals surface area contributed by atoms with E-state index in [-0.39, 0.29) is 5.92 Å². The molecule has 150 valence electrons. The number of hydrogen-bond donors (Lipinski definition) is 0. The molecule has 2 saturated heterocycles. The van der Waals surface area contributed by atoms with Gasteiger partial charge in [-0.1, -0.05) is 17.9 Å². The van der Waals surface area contributed by atoms with Gasteiger partial charge in [-0.15, -0.1) is 5.10 Å². The van der Waals surface area contributed by atoms with Gasteiger partial charge in [0.25, 0.3) is 0 Å². The first kappa shape index (κ1) is 18.8. The number of nitrogens with zero attached hydrogens (tertiary/aromatic N) is 4. The summed E-state index contributed by atoms with van der Waals surface area (Å²) < 4.78 is 11.1. The molecule has 28 heavy (non-hydrogen) atoms. The molecule has 0 unspecified atom stereocenters. The zero-order valence-corrected chi connectivity index (χ0v) is 16.5. The summed E-state index contributed by atoms with van der Waals surface area (Å²) in [4.78, 5) is 17.0. The first-order valence-electron chi connectivity index (χ1n) is 10.3. The lowest BCUT2D eigenvalue weighted by molar-refractivity contribution is -0.136. The molecule has 2 aliphatic heterocycles. The zero-order chi connectivity index (χ0) is 19.3. The third-order valence-corrected chi connectivity index (χ3v) is 5.78. The number of methoxy groups -OCH3 is 1. The van der Waals surface area contributed by atoms with E-state index < -0.39 is 0 Å². The Hall–Kier alpha value is -2.57. The first-order valence-corrected chi connectivity index (χ1v) is 10.3. The Morgan fingerprint density at radius 3 is 2.32 bits per heavy atom. The predicted octanol–water partition coefficient (Wildman–Crippen LogP) is 3.36. The number of carbonyl (C=O) groups excluding carboxylic acids is 1. The molecule has 2 aromatic rings. The van der Waals surface area contributed by atoms with Crippen molar-refractivity contribution in [1.29, 1.82) is 0 Å². The van der Waals surface area contributed by atoms with Crippen LogP contribution >= 0.6 is 0 Å². The zero-order valence-electron chi connectivity index (χ0n) is 16.5. The van der Waals surface area contributed by atoms with E-state index in [0.717, 1.165) is 63.2 Å². The molecular weight excluding hydrogens is 356 g/mol. The van der Waals surface area contributed by atoms with Crippen molar-refractivity contribution in [1.82, 2.24) is 15.1 Å². The van der Waals surface area contributed by atoms with Crippen LogP contribution in [-0.4, -0.2) is 54.3 Å². The van der Waals surface area contributed by atoms with Crippen LogP contribution in [-0.2, 0) is 4.79 Å². The van der Waals surface area contributed by atoms with E-state index in [1.807, 2.05) is 24.3 Å². The van der Waals surface area contributed by atoms with Crippen molar-refractivity contribution in [2.45, 2.75) is 38.5 Å². The minimum atomic E-state index is 0.123. The maximum absolute atomic E-state index is 12.8. The summed E-state index contributed by atoms with van der Waals surface area (Å²) >= 11 is 0. The molecule has 7 nitrogen and oxygen atoms in total. The molecule has 0 N–H and O–H groups in total. The fraction of sp³-hybridized carbons (Fsp3) is 0.571. The van der Waals surface area contributed by atoms with Gasteiger partial charge in [-0.3, -0.25) is 4.79 Å². The number of amides is 1. The van der Waals surface area contributed by atoms with Crippen LogP contribution in [0.5, 0.6) is 5.75 Å². The summed E-state index contributed by atoms with van der Waals surface area (Å²) in [6, 6.07) is 8.09. The van der Waals surface area contributed by atoms with Gasteiger partial charge in [0.05, 0.1) is 7.11 Å². The molecule has 2 fully saturated rings. The largest absolute Gasteiger partial charge is 0.497 e. The van der Waals surface area contributed by atoms with Crippen molar-refractivity contribution in [3.05, 3.63) is 24.3 Å². The Labute approximate surface area is 165 Å². The molecular formula is C21H28N4O3. The number of benzene rings is 1. The summed E-state index contributed by atoms with van der Waals surface area (Å²) in [6.07, 6.45) is 6.46. The van der Waals surface area contributed by atoms with Crippen molar-refractivity contribution in [3.63, 3.8) is 0 Å². The van der Waals surface area contributed by atoms with Crippen LogP contribution < -0.4 is 9.64 Å². The standard InChI is InChI=1S/C21H28N4O3/c1-27-18-8-6-16(7-9-18)19-22-23-21(28-19)25-14-10-17(11-15-25)20(26)24-12-4-2-3-5-13-24/h6-9,17H,2-5,10-15H2,1H3. The summed E-state index contributed by atoms with van der Waals surface area (Å²) in [7, 11) is 1.64. The number of anilines is 1. The SMILES string of the molecule is COc1ccc(-c2nnc(N3CCC(C(=O)N4CCCCCC4)CC3)o2)cc1. The molecule has 4 rings (SSSR count). The van der Waals surface area contributed by atoms with Crippen molar-refractivity contribution in [2.75, 3.05) is 38.2 Å². The molecule has 0 saturated carbocycles. The molecule has 1 aromatic carbocycles. The topological polar surface area (TPSA) is 71.7 Å². The van der Waals surface area contributed by atoms with Crippen LogP contribution in [0.3, 0.4) is 0 Å². The second-order valence-electron chi connectivity index (χ2n) is 7.62. The number of ether oxygens (including phenoxy) is 1. The molecule has 0 aliphatic carbocycles. The van der Waals surface area contributed by atoms with E-state index in [0.29, 0.717) is 17.8 Å². The van der Waals surface area contributed by atoms with Crippen LogP contribution in [0.2, 0.25) is 0 Å². The number of piperidine rings is 1. The fourth-order valence-corrected chi connectivity index (χ4v) is 4.06. The van der Waals surface area contributed by atoms with Crippen LogP contribution in [0.15, 0.2) is 28.7 Å². The lowest BCUT2D eigenvalue weighted by atomic mass is 9.95. The van der Waals surface area contributed by atoms with Gasteiger partial charge < -0.3 is 19.0 Å². The Kier molecular flexibility index (Phi) is 5.78. The molecule has 1 amide bonds. The van der Waals surface area contributed by atoms with Gasteiger partial charge in [0, 0.05) is 37.7 Å². The van der Waals surface area contributed by atoms with E-state index in [2.05, 4.69) is 20.0 Å². The monoisotopic (exact) mass is 384 g/mol. The Balaban J connectivity index is 1.34. The van der Waals surface area contributed by atoms with E-state index in [4.69, 9.17) is 9.15 Å². The Morgan fingerprint density at radius 1 is 1.00 bits per heavy atom. The molecule has 1 aromatic heterocycles. The lowest BCUT2D eigenvalue weighted by Crippen LogP contribution is -2.43. The summed E-state index contributed by atoms with van der Waals surface area (Å²) in [5, 5.41) is 8.39. The normalized spacial score (nSPS) is 18.8. The van der Waals surface area contributed by atoms with E-state index in [1.165, 1.54) is 12.8 Å². The van der Waals surface area contributed by atoms with Crippen LogP contribution in [0.25, 0.3) is 11.5 Å². The smallest absolute Gasteiger partial charge is 0.318 e. The number of carbonyl (C=O) groups is 1. The van der Waals surface area contributed by atoms with Gasteiger partial charge in [-0.2, -0.15) is 0 Å². The van der Waals surface area contributed by atoms with Crippen molar-refractivity contribution < 1.29 is 13.9 Å². The minimum absolute atomic E-state index is 0.123. The lowest BCUT2D eigenvalue weighted by Gasteiger charge is -2.33. The summed E-state index contributed by atoms with van der Waals surface area (Å²) in [5.41, 5.74) is 0.866. The van der Waals surface area contributed by atoms with Gasteiger partial charge in [-0.25, -0.2) is 0 Å². The van der Waals surface area contributed by atoms with Crippen LogP contribution in [0.4, 0.5) is 6.01 Å². The maximum atomic E-state index is 12.8. The molecule has 7 heteroatoms. The number of aromatic nitrogens is 2. The van der Waals surface area contributed by atoms with Crippen LogP contribution in [0.1, 0.15) is 38.5 Å². The van der Waals surface area contributed by atoms with E-state index in [1.54, 1.807) is 7.11 Å². The van der Waals surface area contributed by atoms with Crippen molar-refractivity contribution in [2.24, 2.45) is 5.92 Å².